The van der Waals surface area contributed by atoms with Gasteiger partial charge in [0.15, 0.2) is 5.82 Å². The molecule has 0 atom stereocenters. The molecule has 0 radical (unpaired) electrons. The number of aryl methyl sites for hydroxylation is 2. The third kappa shape index (κ3) is 3.42. The monoisotopic (exact) mass is 363 g/mol. The van der Waals surface area contributed by atoms with Gasteiger partial charge in [0.2, 0.25) is 0 Å². The lowest BCUT2D eigenvalue weighted by Gasteiger charge is -2.09. The van der Waals surface area contributed by atoms with Gasteiger partial charge in [-0.3, -0.25) is 4.72 Å². The lowest BCUT2D eigenvalue weighted by molar-refractivity contribution is 0.425. The number of anilines is 1. The zero-order chi connectivity index (χ0) is 17.3. The van der Waals surface area contributed by atoms with Crippen LogP contribution in [0.5, 0.6) is 0 Å². The molecule has 2 aromatic carbocycles. The van der Waals surface area contributed by atoms with Gasteiger partial charge >= 0.3 is 0 Å². The van der Waals surface area contributed by atoms with Gasteiger partial charge in [-0.15, -0.1) is 0 Å². The Labute approximate surface area is 144 Å². The minimum Gasteiger partial charge on any atom is -0.334 e. The first-order valence-corrected chi connectivity index (χ1v) is 8.91. The SMILES string of the molecule is Cc1noc(-c2cccc(NS(=O)(=O)c3ccc(C)c(Cl)c3)c2)n1. The second-order valence-electron chi connectivity index (χ2n) is 5.24. The van der Waals surface area contributed by atoms with Crippen LogP contribution in [0.3, 0.4) is 0 Å². The fraction of sp³-hybridized carbons (Fsp3) is 0.125. The summed E-state index contributed by atoms with van der Waals surface area (Å²) in [5, 5.41) is 4.12. The van der Waals surface area contributed by atoms with Crippen molar-refractivity contribution < 1.29 is 12.9 Å². The van der Waals surface area contributed by atoms with Crippen molar-refractivity contribution in [1.82, 2.24) is 10.1 Å². The van der Waals surface area contributed by atoms with E-state index in [-0.39, 0.29) is 4.90 Å². The average Bonchev–Trinajstić information content (AvgIpc) is 2.96. The molecule has 1 aromatic heterocycles. The molecule has 0 aliphatic rings. The molecule has 0 unspecified atom stereocenters. The minimum absolute atomic E-state index is 0.0946. The molecule has 1 N–H and O–H groups in total. The van der Waals surface area contributed by atoms with Crippen LogP contribution in [0.2, 0.25) is 5.02 Å². The molecule has 3 aromatic rings. The zero-order valence-electron chi connectivity index (χ0n) is 12.9. The minimum atomic E-state index is -3.75. The molecule has 1 heterocycles. The quantitative estimate of drug-likeness (QED) is 0.761. The molecule has 3 rings (SSSR count). The number of nitrogens with zero attached hydrogens (tertiary/aromatic N) is 2. The van der Waals surface area contributed by atoms with Gasteiger partial charge < -0.3 is 4.52 Å². The van der Waals surface area contributed by atoms with Crippen molar-refractivity contribution >= 4 is 27.3 Å². The summed E-state index contributed by atoms with van der Waals surface area (Å²) in [6.07, 6.45) is 0. The maximum absolute atomic E-state index is 12.5. The lowest BCUT2D eigenvalue weighted by Crippen LogP contribution is -2.13. The molecule has 124 valence electrons. The van der Waals surface area contributed by atoms with Crippen LogP contribution in [-0.2, 0) is 10.0 Å². The van der Waals surface area contributed by atoms with E-state index < -0.39 is 10.0 Å². The van der Waals surface area contributed by atoms with Gasteiger partial charge in [0.1, 0.15) is 0 Å². The highest BCUT2D eigenvalue weighted by molar-refractivity contribution is 7.92. The number of aromatic nitrogens is 2. The number of hydrogen-bond donors (Lipinski definition) is 1. The Bertz CT molecular complexity index is 999. The number of rotatable bonds is 4. The highest BCUT2D eigenvalue weighted by atomic mass is 35.5. The zero-order valence-corrected chi connectivity index (χ0v) is 14.5. The Morgan fingerprint density at radius 3 is 2.58 bits per heavy atom. The molecule has 0 aliphatic heterocycles. The average molecular weight is 364 g/mol. The van der Waals surface area contributed by atoms with Crippen LogP contribution in [0, 0.1) is 13.8 Å². The predicted molar refractivity (Wildman–Crippen MR) is 91.5 cm³/mol. The number of benzene rings is 2. The van der Waals surface area contributed by atoms with E-state index in [0.29, 0.717) is 28.0 Å². The number of sulfonamides is 1. The Kier molecular flexibility index (Phi) is 4.29. The summed E-state index contributed by atoms with van der Waals surface area (Å²) in [4.78, 5) is 4.22. The summed E-state index contributed by atoms with van der Waals surface area (Å²) in [6, 6.07) is 11.3. The van der Waals surface area contributed by atoms with Crippen LogP contribution in [0.4, 0.5) is 5.69 Å². The topological polar surface area (TPSA) is 85.1 Å². The fourth-order valence-electron chi connectivity index (χ4n) is 2.08. The summed E-state index contributed by atoms with van der Waals surface area (Å²) in [7, 11) is -3.75. The van der Waals surface area contributed by atoms with Crippen LogP contribution in [0.15, 0.2) is 51.9 Å². The van der Waals surface area contributed by atoms with Gasteiger partial charge in [0.25, 0.3) is 15.9 Å². The van der Waals surface area contributed by atoms with Crippen molar-refractivity contribution in [2.75, 3.05) is 4.72 Å². The van der Waals surface area contributed by atoms with Gasteiger partial charge in [-0.1, -0.05) is 28.9 Å². The van der Waals surface area contributed by atoms with Crippen molar-refractivity contribution in [3.05, 3.63) is 58.9 Å². The van der Waals surface area contributed by atoms with Gasteiger partial charge in [0.05, 0.1) is 4.90 Å². The summed E-state index contributed by atoms with van der Waals surface area (Å²) < 4.78 is 32.6. The maximum atomic E-state index is 12.5. The summed E-state index contributed by atoms with van der Waals surface area (Å²) in [5.41, 5.74) is 1.82. The number of halogens is 1. The first-order valence-electron chi connectivity index (χ1n) is 7.05. The first kappa shape index (κ1) is 16.5. The summed E-state index contributed by atoms with van der Waals surface area (Å²) in [6.45, 7) is 3.52. The molecular formula is C16H14ClN3O3S. The van der Waals surface area contributed by atoms with E-state index in [2.05, 4.69) is 14.9 Å². The van der Waals surface area contributed by atoms with Gasteiger partial charge in [-0.2, -0.15) is 4.98 Å². The standard InChI is InChI=1S/C16H14ClN3O3S/c1-10-6-7-14(9-15(10)17)24(21,22)20-13-5-3-4-12(8-13)16-18-11(2)19-23-16/h3-9,20H,1-2H3. The lowest BCUT2D eigenvalue weighted by atomic mass is 10.2. The van der Waals surface area contributed by atoms with E-state index in [4.69, 9.17) is 16.1 Å². The molecule has 8 heteroatoms. The fourth-order valence-corrected chi connectivity index (χ4v) is 3.41. The molecule has 0 fully saturated rings. The smallest absolute Gasteiger partial charge is 0.261 e. The Balaban J connectivity index is 1.91. The molecule has 6 nitrogen and oxygen atoms in total. The molecule has 0 amide bonds. The normalized spacial score (nSPS) is 11.5. The highest BCUT2D eigenvalue weighted by Gasteiger charge is 2.16. The van der Waals surface area contributed by atoms with Crippen molar-refractivity contribution in [3.63, 3.8) is 0 Å². The van der Waals surface area contributed by atoms with E-state index in [1.165, 1.54) is 12.1 Å². The van der Waals surface area contributed by atoms with Gasteiger partial charge in [0, 0.05) is 16.3 Å². The van der Waals surface area contributed by atoms with Crippen molar-refractivity contribution in [1.29, 1.82) is 0 Å². The molecule has 24 heavy (non-hydrogen) atoms. The Morgan fingerprint density at radius 1 is 1.12 bits per heavy atom. The second-order valence-corrected chi connectivity index (χ2v) is 7.33. The van der Waals surface area contributed by atoms with Crippen LogP contribution in [-0.4, -0.2) is 18.6 Å². The Morgan fingerprint density at radius 2 is 1.92 bits per heavy atom. The van der Waals surface area contributed by atoms with E-state index in [9.17, 15) is 8.42 Å². The van der Waals surface area contributed by atoms with Crippen molar-refractivity contribution in [2.24, 2.45) is 0 Å². The molecular weight excluding hydrogens is 350 g/mol. The van der Waals surface area contributed by atoms with Crippen LogP contribution >= 0.6 is 11.6 Å². The van der Waals surface area contributed by atoms with E-state index in [1.807, 2.05) is 6.92 Å². The molecule has 0 bridgehead atoms. The Hall–Kier alpha value is -2.38. The van der Waals surface area contributed by atoms with Gasteiger partial charge in [-0.25, -0.2) is 8.42 Å². The summed E-state index contributed by atoms with van der Waals surface area (Å²) >= 11 is 6.01. The molecule has 0 saturated heterocycles. The molecule has 0 saturated carbocycles. The number of hydrogen-bond acceptors (Lipinski definition) is 5. The van der Waals surface area contributed by atoms with E-state index in [0.717, 1.165) is 5.56 Å². The molecule has 0 aliphatic carbocycles. The van der Waals surface area contributed by atoms with Crippen LogP contribution in [0.1, 0.15) is 11.4 Å². The highest BCUT2D eigenvalue weighted by Crippen LogP contribution is 2.25. The molecule has 0 spiro atoms. The predicted octanol–water partition coefficient (Wildman–Crippen LogP) is 3.81. The van der Waals surface area contributed by atoms with E-state index in [1.54, 1.807) is 37.3 Å². The maximum Gasteiger partial charge on any atom is 0.261 e. The van der Waals surface area contributed by atoms with Crippen LogP contribution < -0.4 is 4.72 Å². The second kappa shape index (κ2) is 6.26. The van der Waals surface area contributed by atoms with E-state index >= 15 is 0 Å². The third-order valence-electron chi connectivity index (χ3n) is 3.34. The number of nitrogens with one attached hydrogen (secondary N) is 1. The van der Waals surface area contributed by atoms with Crippen molar-refractivity contribution in [2.45, 2.75) is 18.7 Å². The largest absolute Gasteiger partial charge is 0.334 e. The van der Waals surface area contributed by atoms with Gasteiger partial charge in [-0.05, 0) is 49.7 Å². The van der Waals surface area contributed by atoms with Crippen molar-refractivity contribution in [3.8, 4) is 11.5 Å². The van der Waals surface area contributed by atoms with Crippen LogP contribution in [0.25, 0.3) is 11.5 Å². The third-order valence-corrected chi connectivity index (χ3v) is 5.13. The first-order chi connectivity index (χ1) is 11.3. The summed E-state index contributed by atoms with van der Waals surface area (Å²) in [5.74, 6) is 0.831.